The zero-order valence-corrected chi connectivity index (χ0v) is 16.8. The third-order valence-corrected chi connectivity index (χ3v) is 6.37. The summed E-state index contributed by atoms with van der Waals surface area (Å²) in [4.78, 5) is 12.3. The lowest BCUT2D eigenvalue weighted by atomic mass is 10.1. The minimum absolute atomic E-state index is 0.0847. The van der Waals surface area contributed by atoms with Crippen molar-refractivity contribution in [2.75, 3.05) is 46.6 Å². The standard InChI is InChI=1S/C19H30N2O5S/c1-25-14-15-26-13-5-10-20-19(22)16-17-6-8-18(9-7-17)27(23,24)21-11-3-2-4-12-21/h6-9H,2-5,10-16H2,1H3,(H,20,22). The summed E-state index contributed by atoms with van der Waals surface area (Å²) in [5.74, 6) is -0.0847. The summed E-state index contributed by atoms with van der Waals surface area (Å²) in [5.41, 5.74) is 0.793. The van der Waals surface area contributed by atoms with Gasteiger partial charge >= 0.3 is 0 Å². The summed E-state index contributed by atoms with van der Waals surface area (Å²) in [6.45, 7) is 3.41. The second kappa shape index (κ2) is 11.4. The molecule has 27 heavy (non-hydrogen) atoms. The molecule has 0 bridgehead atoms. The van der Waals surface area contributed by atoms with E-state index in [9.17, 15) is 13.2 Å². The smallest absolute Gasteiger partial charge is 0.243 e. The number of benzene rings is 1. The highest BCUT2D eigenvalue weighted by Gasteiger charge is 2.25. The number of methoxy groups -OCH3 is 1. The Morgan fingerprint density at radius 1 is 1.07 bits per heavy atom. The van der Waals surface area contributed by atoms with Gasteiger partial charge in [-0.15, -0.1) is 0 Å². The van der Waals surface area contributed by atoms with Crippen molar-refractivity contribution < 1.29 is 22.7 Å². The van der Waals surface area contributed by atoms with Gasteiger partial charge in [-0.1, -0.05) is 18.6 Å². The lowest BCUT2D eigenvalue weighted by molar-refractivity contribution is -0.120. The number of rotatable bonds is 11. The number of nitrogens with zero attached hydrogens (tertiary/aromatic N) is 1. The molecule has 0 spiro atoms. The zero-order valence-electron chi connectivity index (χ0n) is 16.0. The molecule has 1 saturated heterocycles. The Labute approximate surface area is 162 Å². The molecule has 1 N–H and O–H groups in total. The Morgan fingerprint density at radius 3 is 2.44 bits per heavy atom. The topological polar surface area (TPSA) is 84.9 Å². The first kappa shape index (κ1) is 21.8. The lowest BCUT2D eigenvalue weighted by Crippen LogP contribution is -2.35. The monoisotopic (exact) mass is 398 g/mol. The molecule has 0 atom stereocenters. The molecular weight excluding hydrogens is 368 g/mol. The summed E-state index contributed by atoms with van der Waals surface area (Å²) in [5, 5.41) is 2.84. The molecule has 7 nitrogen and oxygen atoms in total. The van der Waals surface area contributed by atoms with Gasteiger partial charge in [-0.05, 0) is 37.0 Å². The minimum atomic E-state index is -3.42. The highest BCUT2D eigenvalue weighted by Crippen LogP contribution is 2.20. The number of ether oxygens (including phenoxy) is 2. The maximum atomic E-state index is 12.6. The van der Waals surface area contributed by atoms with E-state index in [1.807, 2.05) is 0 Å². The van der Waals surface area contributed by atoms with Crippen molar-refractivity contribution in [2.45, 2.75) is 37.0 Å². The van der Waals surface area contributed by atoms with Crippen LogP contribution in [-0.4, -0.2) is 65.2 Å². The molecule has 1 aromatic rings. The van der Waals surface area contributed by atoms with Crippen molar-refractivity contribution in [3.05, 3.63) is 29.8 Å². The van der Waals surface area contributed by atoms with Gasteiger partial charge in [0.2, 0.25) is 15.9 Å². The molecular formula is C19H30N2O5S. The van der Waals surface area contributed by atoms with Crippen LogP contribution in [0.1, 0.15) is 31.2 Å². The van der Waals surface area contributed by atoms with Gasteiger partial charge in [0.1, 0.15) is 0 Å². The SMILES string of the molecule is COCCOCCCNC(=O)Cc1ccc(S(=O)(=O)N2CCCCC2)cc1. The first-order valence-electron chi connectivity index (χ1n) is 9.46. The Balaban J connectivity index is 1.75. The molecule has 0 radical (unpaired) electrons. The van der Waals surface area contributed by atoms with Crippen molar-refractivity contribution in [1.82, 2.24) is 9.62 Å². The van der Waals surface area contributed by atoms with Crippen molar-refractivity contribution in [3.8, 4) is 0 Å². The molecule has 1 aliphatic heterocycles. The van der Waals surface area contributed by atoms with E-state index in [4.69, 9.17) is 9.47 Å². The van der Waals surface area contributed by atoms with Gasteiger partial charge in [-0.2, -0.15) is 4.31 Å². The maximum absolute atomic E-state index is 12.6. The van der Waals surface area contributed by atoms with E-state index in [0.29, 0.717) is 44.4 Å². The number of nitrogens with one attached hydrogen (secondary N) is 1. The molecule has 1 amide bonds. The van der Waals surface area contributed by atoms with Crippen LogP contribution in [-0.2, 0) is 30.7 Å². The summed E-state index contributed by atoms with van der Waals surface area (Å²) in [6, 6.07) is 6.61. The number of hydrogen-bond donors (Lipinski definition) is 1. The van der Waals surface area contributed by atoms with Crippen LogP contribution in [0, 0.1) is 0 Å². The quantitative estimate of drug-likeness (QED) is 0.572. The number of amides is 1. The molecule has 1 fully saturated rings. The van der Waals surface area contributed by atoms with E-state index in [-0.39, 0.29) is 12.3 Å². The third-order valence-electron chi connectivity index (χ3n) is 4.46. The van der Waals surface area contributed by atoms with Crippen LogP contribution >= 0.6 is 0 Å². The molecule has 8 heteroatoms. The van der Waals surface area contributed by atoms with Crippen molar-refractivity contribution in [2.24, 2.45) is 0 Å². The predicted octanol–water partition coefficient (Wildman–Crippen LogP) is 1.57. The number of hydrogen-bond acceptors (Lipinski definition) is 5. The molecule has 0 unspecified atom stereocenters. The van der Waals surface area contributed by atoms with E-state index in [2.05, 4.69) is 5.32 Å². The van der Waals surface area contributed by atoms with Crippen molar-refractivity contribution in [3.63, 3.8) is 0 Å². The lowest BCUT2D eigenvalue weighted by Gasteiger charge is -2.25. The van der Waals surface area contributed by atoms with E-state index >= 15 is 0 Å². The summed E-state index contributed by atoms with van der Waals surface area (Å²) >= 11 is 0. The number of piperidine rings is 1. The van der Waals surface area contributed by atoms with Gasteiger partial charge in [-0.3, -0.25) is 4.79 Å². The van der Waals surface area contributed by atoms with E-state index < -0.39 is 10.0 Å². The molecule has 1 aliphatic rings. The predicted molar refractivity (Wildman–Crippen MR) is 103 cm³/mol. The maximum Gasteiger partial charge on any atom is 0.243 e. The van der Waals surface area contributed by atoms with Crippen LogP contribution < -0.4 is 5.32 Å². The molecule has 152 valence electrons. The molecule has 1 heterocycles. The number of sulfonamides is 1. The van der Waals surface area contributed by atoms with Crippen LogP contribution in [0.2, 0.25) is 0 Å². The molecule has 2 rings (SSSR count). The molecule has 0 aliphatic carbocycles. The fraction of sp³-hybridized carbons (Fsp3) is 0.632. The van der Waals surface area contributed by atoms with Crippen LogP contribution in [0.5, 0.6) is 0 Å². The second-order valence-electron chi connectivity index (χ2n) is 6.59. The van der Waals surface area contributed by atoms with E-state index in [0.717, 1.165) is 31.2 Å². The first-order chi connectivity index (χ1) is 13.0. The van der Waals surface area contributed by atoms with Crippen LogP contribution in [0.15, 0.2) is 29.2 Å². The van der Waals surface area contributed by atoms with Gasteiger partial charge in [0.25, 0.3) is 0 Å². The van der Waals surface area contributed by atoms with Crippen molar-refractivity contribution in [1.29, 1.82) is 0 Å². The van der Waals surface area contributed by atoms with Gasteiger partial charge < -0.3 is 14.8 Å². The summed E-state index contributed by atoms with van der Waals surface area (Å²) in [6.07, 6.45) is 3.88. The molecule has 0 aromatic heterocycles. The Kier molecular flexibility index (Phi) is 9.20. The van der Waals surface area contributed by atoms with Gasteiger partial charge in [-0.25, -0.2) is 8.42 Å². The molecule has 1 aromatic carbocycles. The van der Waals surface area contributed by atoms with Gasteiger partial charge in [0.15, 0.2) is 0 Å². The van der Waals surface area contributed by atoms with E-state index in [1.54, 1.807) is 35.7 Å². The van der Waals surface area contributed by atoms with Crippen LogP contribution in [0.25, 0.3) is 0 Å². The fourth-order valence-corrected chi connectivity index (χ4v) is 4.44. The average Bonchev–Trinajstić information content (AvgIpc) is 2.68. The summed E-state index contributed by atoms with van der Waals surface area (Å²) < 4.78 is 37.0. The third kappa shape index (κ3) is 7.21. The second-order valence-corrected chi connectivity index (χ2v) is 8.53. The minimum Gasteiger partial charge on any atom is -0.382 e. The number of carbonyl (C=O) groups excluding carboxylic acids is 1. The largest absolute Gasteiger partial charge is 0.382 e. The average molecular weight is 399 g/mol. The normalized spacial score (nSPS) is 15.6. The van der Waals surface area contributed by atoms with Crippen LogP contribution in [0.3, 0.4) is 0 Å². The zero-order chi connectivity index (χ0) is 19.5. The first-order valence-corrected chi connectivity index (χ1v) is 10.9. The highest BCUT2D eigenvalue weighted by molar-refractivity contribution is 7.89. The van der Waals surface area contributed by atoms with Crippen molar-refractivity contribution >= 4 is 15.9 Å². The fourth-order valence-electron chi connectivity index (χ4n) is 2.93. The Morgan fingerprint density at radius 2 is 1.78 bits per heavy atom. The highest BCUT2D eigenvalue weighted by atomic mass is 32.2. The van der Waals surface area contributed by atoms with Gasteiger partial charge in [0, 0.05) is 33.4 Å². The Hall–Kier alpha value is -1.48. The van der Waals surface area contributed by atoms with E-state index in [1.165, 1.54) is 0 Å². The summed E-state index contributed by atoms with van der Waals surface area (Å²) in [7, 11) is -1.80. The van der Waals surface area contributed by atoms with Gasteiger partial charge in [0.05, 0.1) is 24.5 Å². The molecule has 0 saturated carbocycles. The Bertz CT molecular complexity index is 670. The van der Waals surface area contributed by atoms with Crippen LogP contribution in [0.4, 0.5) is 0 Å². The number of carbonyl (C=O) groups is 1.